The molecule has 0 bridgehead atoms. The zero-order chi connectivity index (χ0) is 16.8. The molecule has 3 rings (SSSR count). The topological polar surface area (TPSA) is 60.1 Å². The monoisotopic (exact) mass is 325 g/mol. The Hall–Kier alpha value is -2.53. The predicted octanol–water partition coefficient (Wildman–Crippen LogP) is 2.93. The summed E-state index contributed by atoms with van der Waals surface area (Å²) in [5.74, 6) is 2.19. The average Bonchev–Trinajstić information content (AvgIpc) is 2.62. The second kappa shape index (κ2) is 7.84. The molecule has 0 spiro atoms. The fourth-order valence-electron chi connectivity index (χ4n) is 2.56. The van der Waals surface area contributed by atoms with Gasteiger partial charge < -0.3 is 20.1 Å². The first-order chi connectivity index (χ1) is 11.7. The number of aryl methyl sites for hydroxylation is 1. The van der Waals surface area contributed by atoms with Crippen molar-refractivity contribution in [1.29, 1.82) is 0 Å². The number of ether oxygens (including phenoxy) is 2. The summed E-state index contributed by atoms with van der Waals surface area (Å²) in [6, 6.07) is 15.9. The lowest BCUT2D eigenvalue weighted by molar-refractivity contribution is 0.0674. The average molecular weight is 325 g/mol. The summed E-state index contributed by atoms with van der Waals surface area (Å²) in [6.07, 6.45) is 0. The van der Waals surface area contributed by atoms with E-state index < -0.39 is 0 Å². The van der Waals surface area contributed by atoms with Gasteiger partial charge in [-0.2, -0.15) is 0 Å². The number of aliphatic imine (C=N–C) groups is 1. The predicted molar refractivity (Wildman–Crippen MR) is 95.4 cm³/mol. The van der Waals surface area contributed by atoms with Crippen molar-refractivity contribution in [2.75, 3.05) is 26.3 Å². The van der Waals surface area contributed by atoms with Crippen molar-refractivity contribution in [3.63, 3.8) is 0 Å². The Morgan fingerprint density at radius 1 is 1.17 bits per heavy atom. The van der Waals surface area contributed by atoms with Crippen LogP contribution in [0.15, 0.2) is 53.5 Å². The Morgan fingerprint density at radius 2 is 1.92 bits per heavy atom. The van der Waals surface area contributed by atoms with E-state index >= 15 is 0 Å². The van der Waals surface area contributed by atoms with Crippen molar-refractivity contribution in [1.82, 2.24) is 4.90 Å². The fourth-order valence-corrected chi connectivity index (χ4v) is 2.56. The van der Waals surface area contributed by atoms with Gasteiger partial charge in [-0.15, -0.1) is 0 Å². The maximum atomic E-state index is 6.11. The van der Waals surface area contributed by atoms with Crippen molar-refractivity contribution in [2.45, 2.75) is 13.5 Å². The standard InChI is InChI=1S/C19H23N3O2/c1-15-7-8-16(14-21-19(20)22-9-11-23-12-10-22)18(13-15)24-17-5-3-2-4-6-17/h2-8,13H,9-12,14H2,1H3,(H2,20,21). The summed E-state index contributed by atoms with van der Waals surface area (Å²) in [6.45, 7) is 5.51. The number of nitrogens with two attached hydrogens (primary N) is 1. The van der Waals surface area contributed by atoms with Gasteiger partial charge in [0.1, 0.15) is 11.5 Å². The molecule has 0 saturated carbocycles. The molecule has 1 saturated heterocycles. The number of hydrogen-bond acceptors (Lipinski definition) is 3. The van der Waals surface area contributed by atoms with Crippen LogP contribution < -0.4 is 10.5 Å². The smallest absolute Gasteiger partial charge is 0.191 e. The van der Waals surface area contributed by atoms with Gasteiger partial charge >= 0.3 is 0 Å². The van der Waals surface area contributed by atoms with Crippen molar-refractivity contribution in [3.8, 4) is 11.5 Å². The number of morpholine rings is 1. The third kappa shape index (κ3) is 4.26. The Balaban J connectivity index is 1.75. The normalized spacial score (nSPS) is 15.4. The number of benzene rings is 2. The zero-order valence-corrected chi connectivity index (χ0v) is 13.9. The minimum absolute atomic E-state index is 0.492. The van der Waals surface area contributed by atoms with Crippen LogP contribution in [0.1, 0.15) is 11.1 Å². The molecular weight excluding hydrogens is 302 g/mol. The van der Waals surface area contributed by atoms with E-state index in [4.69, 9.17) is 15.2 Å². The van der Waals surface area contributed by atoms with E-state index in [1.54, 1.807) is 0 Å². The van der Waals surface area contributed by atoms with Gasteiger partial charge in [0.05, 0.1) is 19.8 Å². The van der Waals surface area contributed by atoms with E-state index in [1.807, 2.05) is 49.4 Å². The first kappa shape index (κ1) is 16.3. The molecule has 0 amide bonds. The van der Waals surface area contributed by atoms with E-state index in [2.05, 4.69) is 16.0 Å². The highest BCUT2D eigenvalue weighted by Crippen LogP contribution is 2.27. The van der Waals surface area contributed by atoms with Crippen LogP contribution in [0.3, 0.4) is 0 Å². The molecule has 2 aromatic carbocycles. The third-order valence-corrected chi connectivity index (χ3v) is 3.94. The minimum Gasteiger partial charge on any atom is -0.457 e. The van der Waals surface area contributed by atoms with Crippen LogP contribution >= 0.6 is 0 Å². The molecule has 0 atom stereocenters. The molecule has 1 aliphatic rings. The van der Waals surface area contributed by atoms with Crippen molar-refractivity contribution in [2.24, 2.45) is 10.7 Å². The number of rotatable bonds is 4. The van der Waals surface area contributed by atoms with E-state index in [1.165, 1.54) is 0 Å². The van der Waals surface area contributed by atoms with Gasteiger partial charge in [-0.1, -0.05) is 30.3 Å². The highest BCUT2D eigenvalue weighted by atomic mass is 16.5. The van der Waals surface area contributed by atoms with E-state index in [0.717, 1.165) is 35.7 Å². The summed E-state index contributed by atoms with van der Waals surface area (Å²) < 4.78 is 11.4. The Kier molecular flexibility index (Phi) is 5.33. The number of guanidine groups is 1. The van der Waals surface area contributed by atoms with Crippen molar-refractivity contribution < 1.29 is 9.47 Å². The molecule has 5 nitrogen and oxygen atoms in total. The Bertz CT molecular complexity index is 695. The molecule has 0 aliphatic carbocycles. The first-order valence-electron chi connectivity index (χ1n) is 8.17. The number of para-hydroxylation sites is 1. The first-order valence-corrected chi connectivity index (χ1v) is 8.17. The Morgan fingerprint density at radius 3 is 2.67 bits per heavy atom. The van der Waals surface area contributed by atoms with E-state index in [0.29, 0.717) is 25.7 Å². The van der Waals surface area contributed by atoms with E-state index in [-0.39, 0.29) is 0 Å². The second-order valence-corrected chi connectivity index (χ2v) is 5.80. The molecule has 2 aromatic rings. The second-order valence-electron chi connectivity index (χ2n) is 5.80. The Labute approximate surface area is 142 Å². The highest BCUT2D eigenvalue weighted by molar-refractivity contribution is 5.78. The van der Waals surface area contributed by atoms with Gasteiger partial charge in [-0.05, 0) is 30.7 Å². The molecule has 126 valence electrons. The molecule has 24 heavy (non-hydrogen) atoms. The summed E-state index contributed by atoms with van der Waals surface area (Å²) >= 11 is 0. The van der Waals surface area contributed by atoms with Crippen molar-refractivity contribution >= 4 is 5.96 Å². The minimum atomic E-state index is 0.492. The molecule has 5 heteroatoms. The number of nitrogens with zero attached hydrogens (tertiary/aromatic N) is 2. The van der Waals surface area contributed by atoms with Gasteiger partial charge in [-0.25, -0.2) is 4.99 Å². The van der Waals surface area contributed by atoms with Crippen LogP contribution in [-0.4, -0.2) is 37.2 Å². The molecule has 1 fully saturated rings. The maximum absolute atomic E-state index is 6.11. The largest absolute Gasteiger partial charge is 0.457 e. The summed E-state index contributed by atoms with van der Waals surface area (Å²) in [7, 11) is 0. The van der Waals surface area contributed by atoms with Crippen LogP contribution in [-0.2, 0) is 11.3 Å². The quantitative estimate of drug-likeness (QED) is 0.693. The highest BCUT2D eigenvalue weighted by Gasteiger charge is 2.12. The van der Waals surface area contributed by atoms with Gasteiger partial charge in [0.2, 0.25) is 0 Å². The van der Waals surface area contributed by atoms with Crippen molar-refractivity contribution in [3.05, 3.63) is 59.7 Å². The van der Waals surface area contributed by atoms with Crippen LogP contribution in [0.25, 0.3) is 0 Å². The van der Waals surface area contributed by atoms with Gasteiger partial charge in [0.15, 0.2) is 5.96 Å². The summed E-state index contributed by atoms with van der Waals surface area (Å²) in [5, 5.41) is 0. The zero-order valence-electron chi connectivity index (χ0n) is 13.9. The molecule has 0 radical (unpaired) electrons. The molecular formula is C19H23N3O2. The lowest BCUT2D eigenvalue weighted by atomic mass is 10.1. The third-order valence-electron chi connectivity index (χ3n) is 3.94. The van der Waals surface area contributed by atoms with Gasteiger partial charge in [0, 0.05) is 18.7 Å². The maximum Gasteiger partial charge on any atom is 0.191 e. The lowest BCUT2D eigenvalue weighted by Gasteiger charge is -2.27. The lowest BCUT2D eigenvalue weighted by Crippen LogP contribution is -2.44. The summed E-state index contributed by atoms with van der Waals surface area (Å²) in [5.41, 5.74) is 8.27. The molecule has 1 heterocycles. The van der Waals surface area contributed by atoms with Crippen LogP contribution in [0.2, 0.25) is 0 Å². The molecule has 1 aliphatic heterocycles. The van der Waals surface area contributed by atoms with Crippen LogP contribution in [0.4, 0.5) is 0 Å². The van der Waals surface area contributed by atoms with Crippen LogP contribution in [0.5, 0.6) is 11.5 Å². The van der Waals surface area contributed by atoms with Gasteiger partial charge in [0.25, 0.3) is 0 Å². The van der Waals surface area contributed by atoms with Crippen LogP contribution in [0, 0.1) is 6.92 Å². The molecule has 0 aromatic heterocycles. The SMILES string of the molecule is Cc1ccc(CN=C(N)N2CCOCC2)c(Oc2ccccc2)c1. The van der Waals surface area contributed by atoms with E-state index in [9.17, 15) is 0 Å². The molecule has 0 unspecified atom stereocenters. The van der Waals surface area contributed by atoms with Gasteiger partial charge in [-0.3, -0.25) is 0 Å². The number of hydrogen-bond donors (Lipinski definition) is 1. The molecule has 2 N–H and O–H groups in total. The fraction of sp³-hybridized carbons (Fsp3) is 0.316. The summed E-state index contributed by atoms with van der Waals surface area (Å²) in [4.78, 5) is 6.59.